The van der Waals surface area contributed by atoms with Gasteiger partial charge in [0.2, 0.25) is 28.0 Å². The number of allylic oxidation sites excluding steroid dienone is 1. The Hall–Kier alpha value is -4.54. The Morgan fingerprint density at radius 1 is 1.12 bits per heavy atom. The van der Waals surface area contributed by atoms with Crippen LogP contribution in [0.2, 0.25) is 5.02 Å². The number of phenolic OH excluding ortho intramolecular Hbond substituents is 1. The molecule has 1 spiro atoms. The molecule has 17 heteroatoms. The fourth-order valence-electron chi connectivity index (χ4n) is 6.13. The zero-order valence-corrected chi connectivity index (χ0v) is 29.6. The molecule has 0 saturated heterocycles. The number of ether oxygens (including phenoxy) is 5. The number of methoxy groups -OCH3 is 4. The second-order valence-corrected chi connectivity index (χ2v) is 12.4. The van der Waals surface area contributed by atoms with Crippen LogP contribution >= 0.6 is 27.5 Å². The number of carbonyl (C=O) groups is 3. The molecule has 5 rings (SSSR count). The number of phenols is 1. The molecule has 49 heavy (non-hydrogen) atoms. The lowest BCUT2D eigenvalue weighted by Crippen LogP contribution is -2.53. The van der Waals surface area contributed by atoms with Gasteiger partial charge in [0.1, 0.15) is 28.8 Å². The SMILES string of the molecule is COCn1nc(Br)nc1NCCNC(=O)CC(C1=C(O)C2(Oc3c(Cl)c(OC)cc(OC)c3C2=O)C(C)CC1=O)c1ccc(O)c(OC)c1. The summed E-state index contributed by atoms with van der Waals surface area (Å²) in [5, 5.41) is 32.4. The molecule has 262 valence electrons. The molecule has 1 aliphatic carbocycles. The fourth-order valence-corrected chi connectivity index (χ4v) is 6.75. The van der Waals surface area contributed by atoms with E-state index in [1.54, 1.807) is 6.92 Å². The van der Waals surface area contributed by atoms with Crippen LogP contribution in [0.1, 0.15) is 41.6 Å². The van der Waals surface area contributed by atoms with E-state index in [9.17, 15) is 24.6 Å². The van der Waals surface area contributed by atoms with E-state index >= 15 is 0 Å². The highest BCUT2D eigenvalue weighted by molar-refractivity contribution is 9.10. The molecule has 0 bridgehead atoms. The Balaban J connectivity index is 1.50. The van der Waals surface area contributed by atoms with Crippen molar-refractivity contribution in [2.24, 2.45) is 5.92 Å². The summed E-state index contributed by atoms with van der Waals surface area (Å²) in [5.74, 6) is -3.67. The maximum absolute atomic E-state index is 14.3. The summed E-state index contributed by atoms with van der Waals surface area (Å²) in [6.45, 7) is 2.18. The number of carbonyl (C=O) groups excluding carboxylic acids is 3. The van der Waals surface area contributed by atoms with Crippen molar-refractivity contribution < 1.29 is 48.3 Å². The maximum atomic E-state index is 14.3. The first-order valence-corrected chi connectivity index (χ1v) is 16.2. The zero-order chi connectivity index (χ0) is 35.6. The van der Waals surface area contributed by atoms with Crippen LogP contribution in [0.5, 0.6) is 28.7 Å². The van der Waals surface area contributed by atoms with Gasteiger partial charge in [0.05, 0.1) is 21.3 Å². The van der Waals surface area contributed by atoms with Crippen molar-refractivity contribution in [2.75, 3.05) is 46.8 Å². The van der Waals surface area contributed by atoms with Crippen LogP contribution in [0.15, 0.2) is 40.3 Å². The number of anilines is 1. The van der Waals surface area contributed by atoms with Gasteiger partial charge in [-0.2, -0.15) is 4.98 Å². The van der Waals surface area contributed by atoms with Gasteiger partial charge in [0, 0.05) is 56.5 Å². The van der Waals surface area contributed by atoms with Crippen molar-refractivity contribution >= 4 is 51.0 Å². The summed E-state index contributed by atoms with van der Waals surface area (Å²) in [6.07, 6.45) is -0.529. The van der Waals surface area contributed by atoms with Crippen molar-refractivity contribution in [3.05, 3.63) is 56.5 Å². The second-order valence-electron chi connectivity index (χ2n) is 11.3. The number of aliphatic hydroxyl groups excluding tert-OH is 1. The fraction of sp³-hybridized carbons (Fsp3) is 0.406. The Bertz CT molecular complexity index is 1830. The number of ketones is 2. The number of hydrogen-bond acceptors (Lipinski definition) is 13. The standard InChI is InChI=1S/C32H35BrClN5O10/c1-15-10-19(41)24(28(43)32(15)29(44)25-21(47-4)13-22(48-5)26(34)27(25)49-32)17(16-6-7-18(40)20(11-16)46-3)12-23(42)35-8-9-36-31-37-30(33)38-39(31)14-45-2/h6-7,11,13,15,17,40,43H,8-10,12,14H2,1-5H3,(H,35,42)(H,36,37,38). The van der Waals surface area contributed by atoms with Gasteiger partial charge in [-0.3, -0.25) is 14.4 Å². The number of aromatic nitrogens is 3. The number of hydrogen-bond donors (Lipinski definition) is 4. The highest BCUT2D eigenvalue weighted by atomic mass is 79.9. The first-order chi connectivity index (χ1) is 23.4. The lowest BCUT2D eigenvalue weighted by atomic mass is 9.69. The third-order valence-electron chi connectivity index (χ3n) is 8.48. The van der Waals surface area contributed by atoms with E-state index in [1.807, 2.05) is 0 Å². The number of amides is 1. The Morgan fingerprint density at radius 2 is 1.84 bits per heavy atom. The van der Waals surface area contributed by atoms with E-state index in [4.69, 9.17) is 35.3 Å². The van der Waals surface area contributed by atoms with Gasteiger partial charge in [-0.25, -0.2) is 4.68 Å². The summed E-state index contributed by atoms with van der Waals surface area (Å²) in [5.41, 5.74) is -1.90. The zero-order valence-electron chi connectivity index (χ0n) is 27.3. The van der Waals surface area contributed by atoms with E-state index in [1.165, 1.54) is 57.4 Å². The van der Waals surface area contributed by atoms with E-state index in [-0.39, 0.29) is 77.6 Å². The topological polar surface area (TPSA) is 193 Å². The number of benzene rings is 2. The third kappa shape index (κ3) is 6.47. The van der Waals surface area contributed by atoms with Crippen LogP contribution in [0.4, 0.5) is 5.95 Å². The number of nitrogens with one attached hydrogen (secondary N) is 2. The third-order valence-corrected chi connectivity index (χ3v) is 9.18. The van der Waals surface area contributed by atoms with Crippen LogP contribution < -0.4 is 29.6 Å². The first-order valence-electron chi connectivity index (χ1n) is 15.0. The molecule has 1 amide bonds. The smallest absolute Gasteiger partial charge is 0.231 e. The van der Waals surface area contributed by atoms with Crippen molar-refractivity contribution in [1.82, 2.24) is 20.1 Å². The van der Waals surface area contributed by atoms with Crippen molar-refractivity contribution in [3.63, 3.8) is 0 Å². The molecule has 0 saturated carbocycles. The van der Waals surface area contributed by atoms with Gasteiger partial charge < -0.3 is 44.5 Å². The van der Waals surface area contributed by atoms with E-state index in [2.05, 4.69) is 36.6 Å². The molecule has 1 aliphatic heterocycles. The molecule has 2 aromatic carbocycles. The van der Waals surface area contributed by atoms with Gasteiger partial charge in [-0.15, -0.1) is 5.10 Å². The molecule has 0 fully saturated rings. The molecule has 3 atom stereocenters. The van der Waals surface area contributed by atoms with Gasteiger partial charge in [-0.1, -0.05) is 24.6 Å². The van der Waals surface area contributed by atoms with Crippen LogP contribution in [0, 0.1) is 5.92 Å². The maximum Gasteiger partial charge on any atom is 0.231 e. The molecule has 4 N–H and O–H groups in total. The lowest BCUT2D eigenvalue weighted by molar-refractivity contribution is -0.121. The predicted octanol–water partition coefficient (Wildman–Crippen LogP) is 4.17. The van der Waals surface area contributed by atoms with Gasteiger partial charge in [-0.05, 0) is 33.6 Å². The summed E-state index contributed by atoms with van der Waals surface area (Å²) in [4.78, 5) is 45.8. The molecule has 2 aliphatic rings. The highest BCUT2D eigenvalue weighted by Gasteiger charge is 2.61. The number of nitrogens with zero attached hydrogens (tertiary/aromatic N) is 3. The Morgan fingerprint density at radius 3 is 2.51 bits per heavy atom. The molecule has 2 heterocycles. The van der Waals surface area contributed by atoms with Crippen molar-refractivity contribution in [3.8, 4) is 28.7 Å². The minimum absolute atomic E-state index is 0.0115. The minimum atomic E-state index is -2.05. The van der Waals surface area contributed by atoms with Crippen LogP contribution in [0.3, 0.4) is 0 Å². The molecular weight excluding hydrogens is 730 g/mol. The summed E-state index contributed by atoms with van der Waals surface area (Å²) in [6, 6.07) is 5.76. The normalized spacial score (nSPS) is 19.0. The monoisotopic (exact) mass is 763 g/mol. The van der Waals surface area contributed by atoms with Crippen LogP contribution in [0.25, 0.3) is 0 Å². The lowest BCUT2D eigenvalue weighted by Gasteiger charge is -2.38. The van der Waals surface area contributed by atoms with E-state index in [0.717, 1.165) is 0 Å². The molecule has 15 nitrogen and oxygen atoms in total. The number of aromatic hydroxyl groups is 1. The number of Topliss-reactive ketones (excluding diaryl/α,β-unsaturated/α-hetero) is 2. The predicted molar refractivity (Wildman–Crippen MR) is 179 cm³/mol. The number of rotatable bonds is 13. The molecule has 3 unspecified atom stereocenters. The first kappa shape index (κ1) is 35.8. The minimum Gasteiger partial charge on any atom is -0.507 e. The van der Waals surface area contributed by atoms with Gasteiger partial charge in [0.15, 0.2) is 28.8 Å². The molecule has 1 aromatic heterocycles. The Labute approximate surface area is 294 Å². The van der Waals surface area contributed by atoms with E-state index < -0.39 is 40.7 Å². The Kier molecular flexibility index (Phi) is 10.6. The highest BCUT2D eigenvalue weighted by Crippen LogP contribution is 2.56. The summed E-state index contributed by atoms with van der Waals surface area (Å²) < 4.78 is 29.3. The van der Waals surface area contributed by atoms with Gasteiger partial charge >= 0.3 is 0 Å². The van der Waals surface area contributed by atoms with Crippen molar-refractivity contribution in [1.29, 1.82) is 0 Å². The average molecular weight is 765 g/mol. The number of aliphatic hydroxyl groups is 1. The number of halogens is 2. The molecule has 3 aromatic rings. The van der Waals surface area contributed by atoms with E-state index in [0.29, 0.717) is 16.2 Å². The quantitative estimate of drug-likeness (QED) is 0.182. The van der Waals surface area contributed by atoms with Crippen LogP contribution in [-0.2, 0) is 21.1 Å². The average Bonchev–Trinajstić information content (AvgIpc) is 3.59. The molecular formula is C32H35BrClN5O10. The van der Waals surface area contributed by atoms with Crippen molar-refractivity contribution in [2.45, 2.75) is 38.0 Å². The van der Waals surface area contributed by atoms with Gasteiger partial charge in [0.25, 0.3) is 0 Å². The number of fused-ring (bicyclic) bond motifs is 1. The second kappa shape index (κ2) is 14.5. The largest absolute Gasteiger partial charge is 0.507 e. The summed E-state index contributed by atoms with van der Waals surface area (Å²) >= 11 is 9.79. The molecule has 0 radical (unpaired) electrons. The summed E-state index contributed by atoms with van der Waals surface area (Å²) in [7, 11) is 5.62. The van der Waals surface area contributed by atoms with Crippen LogP contribution in [-0.4, -0.2) is 89.6 Å².